The molecule has 0 aliphatic heterocycles. The highest BCUT2D eigenvalue weighted by Gasteiger charge is 2.24. The van der Waals surface area contributed by atoms with Gasteiger partial charge in [0.05, 0.1) is 11.9 Å². The molecule has 1 amide bonds. The van der Waals surface area contributed by atoms with Crippen molar-refractivity contribution < 1.29 is 9.42 Å². The average Bonchev–Trinajstić information content (AvgIpc) is 3.57. The van der Waals surface area contributed by atoms with Crippen LogP contribution < -0.4 is 11.2 Å². The van der Waals surface area contributed by atoms with Gasteiger partial charge in [-0.05, 0) is 35.4 Å². The number of aromatic nitrogens is 6. The fourth-order valence-corrected chi connectivity index (χ4v) is 4.21. The Bertz CT molecular complexity index is 1480. The second-order valence-corrected chi connectivity index (χ2v) is 8.41. The fourth-order valence-electron chi connectivity index (χ4n) is 3.32. The number of anilines is 1. The Morgan fingerprint density at radius 3 is 2.85 bits per heavy atom. The van der Waals surface area contributed by atoms with Crippen LogP contribution >= 0.6 is 11.8 Å². The number of aromatic amines is 1. The number of carbonyl (C=O) groups excluding carboxylic acids is 1. The van der Waals surface area contributed by atoms with E-state index in [2.05, 4.69) is 36.1 Å². The molecule has 0 unspecified atom stereocenters. The molecule has 0 bridgehead atoms. The summed E-state index contributed by atoms with van der Waals surface area (Å²) >= 11 is 1.52. The minimum absolute atomic E-state index is 0.0378. The number of rotatable bonds is 7. The van der Waals surface area contributed by atoms with Crippen molar-refractivity contribution in [3.05, 3.63) is 77.2 Å². The molecular formula is C22H19N9O2S. The quantitative estimate of drug-likeness (QED) is 0.185. The van der Waals surface area contributed by atoms with Gasteiger partial charge in [0.1, 0.15) is 0 Å². The van der Waals surface area contributed by atoms with Crippen molar-refractivity contribution in [2.45, 2.75) is 17.6 Å². The number of fused-ring (bicyclic) bond motifs is 1. The van der Waals surface area contributed by atoms with Gasteiger partial charge < -0.3 is 10.7 Å². The number of H-pyrrole nitrogens is 1. The Morgan fingerprint density at radius 2 is 2.06 bits per heavy atom. The molecule has 0 spiro atoms. The summed E-state index contributed by atoms with van der Waals surface area (Å²) in [4.78, 5) is 17.1. The smallest absolute Gasteiger partial charge is 0.293 e. The largest absolute Gasteiger partial charge is 0.378 e. The van der Waals surface area contributed by atoms with Crippen LogP contribution in [-0.2, 0) is 5.75 Å². The number of nitrogens with two attached hydrogens (primary N) is 1. The van der Waals surface area contributed by atoms with Crippen LogP contribution in [0.15, 0.2) is 69.4 Å². The summed E-state index contributed by atoms with van der Waals surface area (Å²) < 4.78 is 6.05. The van der Waals surface area contributed by atoms with E-state index in [1.54, 1.807) is 6.21 Å². The van der Waals surface area contributed by atoms with Gasteiger partial charge in [-0.2, -0.15) is 9.78 Å². The highest BCUT2D eigenvalue weighted by Crippen LogP contribution is 2.26. The number of nitrogen functional groups attached to an aromatic ring is 1. The Morgan fingerprint density at radius 1 is 1.24 bits per heavy atom. The molecule has 4 N–H and O–H groups in total. The van der Waals surface area contributed by atoms with E-state index in [1.807, 2.05) is 61.7 Å². The number of nitrogens with zero attached hydrogens (tertiary/aromatic N) is 6. The van der Waals surface area contributed by atoms with Crippen LogP contribution in [0.5, 0.6) is 0 Å². The van der Waals surface area contributed by atoms with Gasteiger partial charge in [0, 0.05) is 33.3 Å². The molecule has 12 heteroatoms. The van der Waals surface area contributed by atoms with Crippen LogP contribution in [0.2, 0.25) is 0 Å². The first-order valence-corrected chi connectivity index (χ1v) is 11.2. The zero-order valence-electron chi connectivity index (χ0n) is 18.0. The van der Waals surface area contributed by atoms with Crippen molar-refractivity contribution in [2.24, 2.45) is 5.10 Å². The van der Waals surface area contributed by atoms with Gasteiger partial charge in [0.2, 0.25) is 11.6 Å². The number of hydrogen-bond acceptors (Lipinski definition) is 9. The Hall–Kier alpha value is -4.45. The van der Waals surface area contributed by atoms with Gasteiger partial charge in [0.25, 0.3) is 5.91 Å². The number of aryl methyl sites for hydroxylation is 1. The number of para-hydroxylation sites is 1. The normalized spacial score (nSPS) is 11.4. The minimum Gasteiger partial charge on any atom is -0.378 e. The third-order valence-electron chi connectivity index (χ3n) is 5.06. The molecule has 2 aromatic carbocycles. The van der Waals surface area contributed by atoms with Gasteiger partial charge in [0.15, 0.2) is 5.69 Å². The summed E-state index contributed by atoms with van der Waals surface area (Å²) in [6.07, 6.45) is 3.39. The van der Waals surface area contributed by atoms with Crippen molar-refractivity contribution in [1.82, 2.24) is 35.7 Å². The second kappa shape index (κ2) is 9.19. The van der Waals surface area contributed by atoms with Crippen LogP contribution in [0.4, 0.5) is 5.82 Å². The van der Waals surface area contributed by atoms with Crippen LogP contribution in [0.25, 0.3) is 16.7 Å². The topological polar surface area (TPSA) is 153 Å². The fraction of sp³-hybridized carbons (Fsp3) is 0.0909. The van der Waals surface area contributed by atoms with Gasteiger partial charge in [-0.25, -0.2) is 10.1 Å². The number of hydrogen-bond donors (Lipinski definition) is 3. The zero-order chi connectivity index (χ0) is 23.5. The SMILES string of the molecule is Cc1ccc(SCc2c(C(=O)N/N=C\c3c[nH]c4ccccc34)nnn2-c2nonc2N)cc1. The highest BCUT2D eigenvalue weighted by atomic mass is 32.2. The van der Waals surface area contributed by atoms with E-state index < -0.39 is 5.91 Å². The van der Waals surface area contributed by atoms with E-state index in [0.29, 0.717) is 11.4 Å². The molecule has 0 aliphatic rings. The number of thioether (sulfide) groups is 1. The third-order valence-corrected chi connectivity index (χ3v) is 6.09. The van der Waals surface area contributed by atoms with Crippen LogP contribution in [0.3, 0.4) is 0 Å². The molecule has 0 fully saturated rings. The molecule has 3 aromatic heterocycles. The molecule has 3 heterocycles. The maximum absolute atomic E-state index is 12.9. The summed E-state index contributed by atoms with van der Waals surface area (Å²) in [7, 11) is 0. The Balaban J connectivity index is 1.39. The number of carbonyl (C=O) groups is 1. The average molecular weight is 474 g/mol. The first kappa shape index (κ1) is 21.4. The van der Waals surface area contributed by atoms with E-state index in [-0.39, 0.29) is 17.3 Å². The zero-order valence-corrected chi connectivity index (χ0v) is 18.8. The summed E-state index contributed by atoms with van der Waals surface area (Å²) in [5, 5.41) is 20.6. The second-order valence-electron chi connectivity index (χ2n) is 7.36. The lowest BCUT2D eigenvalue weighted by Gasteiger charge is -2.06. The molecule has 0 atom stereocenters. The van der Waals surface area contributed by atoms with Crippen molar-refractivity contribution >= 4 is 40.6 Å². The first-order valence-electron chi connectivity index (χ1n) is 10.2. The van der Waals surface area contributed by atoms with Crippen molar-refractivity contribution in [3.63, 3.8) is 0 Å². The molecule has 0 saturated carbocycles. The summed E-state index contributed by atoms with van der Waals surface area (Å²) in [5.74, 6) is 0.0538. The van der Waals surface area contributed by atoms with E-state index in [0.717, 1.165) is 26.9 Å². The number of amides is 1. The third kappa shape index (κ3) is 4.26. The lowest BCUT2D eigenvalue weighted by molar-refractivity contribution is 0.0949. The van der Waals surface area contributed by atoms with Crippen molar-refractivity contribution in [2.75, 3.05) is 5.73 Å². The molecule has 170 valence electrons. The lowest BCUT2D eigenvalue weighted by Crippen LogP contribution is -2.20. The molecule has 34 heavy (non-hydrogen) atoms. The molecule has 11 nitrogen and oxygen atoms in total. The molecular weight excluding hydrogens is 454 g/mol. The standard InChI is InChI=1S/C22H19N9O2S/c1-13-6-8-15(9-7-13)34-12-18-19(26-30-31(18)21-20(23)28-33-29-21)22(32)27-25-11-14-10-24-17-5-3-2-4-16(14)17/h2-11,24H,12H2,1H3,(H2,23,28)(H,27,32)/b25-11-. The van der Waals surface area contributed by atoms with E-state index in [1.165, 1.54) is 16.4 Å². The highest BCUT2D eigenvalue weighted by molar-refractivity contribution is 7.98. The minimum atomic E-state index is -0.517. The van der Waals surface area contributed by atoms with E-state index in [9.17, 15) is 4.79 Å². The van der Waals surface area contributed by atoms with Crippen molar-refractivity contribution in [3.8, 4) is 5.82 Å². The van der Waals surface area contributed by atoms with Gasteiger partial charge in [-0.15, -0.1) is 16.9 Å². The van der Waals surface area contributed by atoms with Crippen LogP contribution in [0, 0.1) is 6.92 Å². The Kier molecular flexibility index (Phi) is 5.79. The van der Waals surface area contributed by atoms with Crippen LogP contribution in [0.1, 0.15) is 27.3 Å². The number of benzene rings is 2. The molecule has 0 aliphatic carbocycles. The maximum Gasteiger partial charge on any atom is 0.293 e. The molecule has 5 aromatic rings. The predicted octanol–water partition coefficient (Wildman–Crippen LogP) is 3.08. The number of hydrazone groups is 1. The lowest BCUT2D eigenvalue weighted by atomic mass is 10.2. The summed E-state index contributed by atoms with van der Waals surface area (Å²) in [5.41, 5.74) is 11.9. The Labute approximate surface area is 197 Å². The summed E-state index contributed by atoms with van der Waals surface area (Å²) in [6.45, 7) is 2.02. The van der Waals surface area contributed by atoms with Crippen molar-refractivity contribution in [1.29, 1.82) is 0 Å². The van der Waals surface area contributed by atoms with Crippen LogP contribution in [-0.4, -0.2) is 42.4 Å². The molecule has 5 rings (SSSR count). The molecule has 0 radical (unpaired) electrons. The van der Waals surface area contributed by atoms with Gasteiger partial charge in [-0.3, -0.25) is 4.79 Å². The van der Waals surface area contributed by atoms with Gasteiger partial charge in [-0.1, -0.05) is 41.1 Å². The first-order chi connectivity index (χ1) is 16.6. The summed E-state index contributed by atoms with van der Waals surface area (Å²) in [6, 6.07) is 15.9. The maximum atomic E-state index is 12.9. The molecule has 0 saturated heterocycles. The predicted molar refractivity (Wildman–Crippen MR) is 128 cm³/mol. The van der Waals surface area contributed by atoms with E-state index in [4.69, 9.17) is 10.4 Å². The van der Waals surface area contributed by atoms with E-state index >= 15 is 0 Å². The number of nitrogens with one attached hydrogen (secondary N) is 2. The monoisotopic (exact) mass is 473 g/mol. The van der Waals surface area contributed by atoms with Gasteiger partial charge >= 0.3 is 0 Å².